The molecular weight excluding hydrogens is 238 g/mol. The molecule has 0 radical (unpaired) electrons. The summed E-state index contributed by atoms with van der Waals surface area (Å²) in [5, 5.41) is 38.9. The first-order valence-electron chi connectivity index (χ1n) is 5.48. The van der Waals surface area contributed by atoms with Gasteiger partial charge in [0.1, 0.15) is 12.2 Å². The molecule has 0 aliphatic rings. The summed E-state index contributed by atoms with van der Waals surface area (Å²) < 4.78 is 0. The van der Waals surface area contributed by atoms with Gasteiger partial charge in [0.05, 0.1) is 6.61 Å². The molecule has 0 unspecified atom stereocenters. The third-order valence-electron chi connectivity index (χ3n) is 2.49. The zero-order valence-electron chi connectivity index (χ0n) is 9.95. The van der Waals surface area contributed by atoms with Crippen LogP contribution in [-0.2, 0) is 4.79 Å². The van der Waals surface area contributed by atoms with Crippen molar-refractivity contribution in [2.24, 2.45) is 0 Å². The topological polar surface area (TPSA) is 110 Å². The molecule has 1 rings (SSSR count). The molecule has 0 bridgehead atoms. The summed E-state index contributed by atoms with van der Waals surface area (Å²) in [4.78, 5) is 11.5. The minimum Gasteiger partial charge on any atom is -0.394 e. The maximum atomic E-state index is 11.5. The van der Waals surface area contributed by atoms with Gasteiger partial charge in [-0.3, -0.25) is 4.79 Å². The lowest BCUT2D eigenvalue weighted by Gasteiger charge is -2.20. The van der Waals surface area contributed by atoms with Gasteiger partial charge in [-0.25, -0.2) is 0 Å². The van der Waals surface area contributed by atoms with Crippen LogP contribution in [0.15, 0.2) is 24.3 Å². The first-order chi connectivity index (χ1) is 8.45. The van der Waals surface area contributed by atoms with Crippen LogP contribution in [0.2, 0.25) is 0 Å². The smallest absolute Gasteiger partial charge is 0.256 e. The molecule has 18 heavy (non-hydrogen) atoms. The molecule has 0 saturated carbocycles. The van der Waals surface area contributed by atoms with E-state index in [1.165, 1.54) is 0 Å². The quantitative estimate of drug-likeness (QED) is 0.464. The second kappa shape index (κ2) is 6.46. The zero-order chi connectivity index (χ0) is 13.7. The van der Waals surface area contributed by atoms with Gasteiger partial charge in [0.2, 0.25) is 0 Å². The van der Waals surface area contributed by atoms with Crippen LogP contribution in [0.1, 0.15) is 5.56 Å². The number of rotatable bonds is 5. The van der Waals surface area contributed by atoms with Gasteiger partial charge in [0.15, 0.2) is 6.10 Å². The monoisotopic (exact) mass is 255 g/mol. The molecule has 0 aromatic heterocycles. The van der Waals surface area contributed by atoms with Gasteiger partial charge in [-0.15, -0.1) is 0 Å². The first kappa shape index (κ1) is 14.6. The number of anilines is 1. The maximum absolute atomic E-state index is 11.5. The van der Waals surface area contributed by atoms with E-state index in [4.69, 9.17) is 10.2 Å². The predicted octanol–water partition coefficient (Wildman–Crippen LogP) is -0.991. The standard InChI is InChI=1S/C12H17NO5/c1-7-2-4-8(5-3-7)13-12(18)11(17)10(16)9(15)6-14/h2-5,9-11,14-17H,6H2,1H3,(H,13,18)/t9-,10-,11+/m1/s1. The Labute approximate surface area is 105 Å². The van der Waals surface area contributed by atoms with Crippen molar-refractivity contribution in [2.75, 3.05) is 11.9 Å². The fourth-order valence-corrected chi connectivity index (χ4v) is 1.33. The summed E-state index contributed by atoms with van der Waals surface area (Å²) in [5.41, 5.74) is 1.49. The molecule has 0 fully saturated rings. The number of carbonyl (C=O) groups is 1. The van der Waals surface area contributed by atoms with E-state index < -0.39 is 30.8 Å². The third-order valence-corrected chi connectivity index (χ3v) is 2.49. The van der Waals surface area contributed by atoms with Crippen LogP contribution in [0, 0.1) is 6.92 Å². The summed E-state index contributed by atoms with van der Waals surface area (Å²) in [6, 6.07) is 6.85. The number of hydrogen-bond acceptors (Lipinski definition) is 5. The number of aliphatic hydroxyl groups excluding tert-OH is 4. The van der Waals surface area contributed by atoms with Crippen molar-refractivity contribution < 1.29 is 25.2 Å². The van der Waals surface area contributed by atoms with Crippen molar-refractivity contribution in [3.8, 4) is 0 Å². The van der Waals surface area contributed by atoms with E-state index in [0.717, 1.165) is 5.56 Å². The van der Waals surface area contributed by atoms with E-state index in [1.54, 1.807) is 24.3 Å². The molecule has 0 saturated heterocycles. The Hall–Kier alpha value is -1.47. The number of benzene rings is 1. The van der Waals surface area contributed by atoms with Crippen LogP contribution in [-0.4, -0.2) is 51.3 Å². The highest BCUT2D eigenvalue weighted by atomic mass is 16.4. The molecule has 0 aliphatic carbocycles. The number of aryl methyl sites for hydroxylation is 1. The minimum absolute atomic E-state index is 0.468. The molecule has 6 nitrogen and oxygen atoms in total. The van der Waals surface area contributed by atoms with E-state index in [1.807, 2.05) is 6.92 Å². The Morgan fingerprint density at radius 3 is 2.28 bits per heavy atom. The number of aliphatic hydroxyl groups is 4. The molecule has 0 heterocycles. The molecule has 1 amide bonds. The lowest BCUT2D eigenvalue weighted by atomic mass is 10.1. The second-order valence-electron chi connectivity index (χ2n) is 4.04. The highest BCUT2D eigenvalue weighted by molar-refractivity contribution is 5.94. The van der Waals surface area contributed by atoms with Crippen molar-refractivity contribution in [2.45, 2.75) is 25.2 Å². The molecule has 0 aliphatic heterocycles. The average Bonchev–Trinajstić information content (AvgIpc) is 2.38. The van der Waals surface area contributed by atoms with Gasteiger partial charge < -0.3 is 25.7 Å². The number of nitrogens with one attached hydrogen (secondary N) is 1. The van der Waals surface area contributed by atoms with Crippen LogP contribution < -0.4 is 5.32 Å². The number of carbonyl (C=O) groups excluding carboxylic acids is 1. The van der Waals surface area contributed by atoms with E-state index in [0.29, 0.717) is 5.69 Å². The van der Waals surface area contributed by atoms with Crippen LogP contribution in [0.25, 0.3) is 0 Å². The van der Waals surface area contributed by atoms with Gasteiger partial charge in [0.25, 0.3) is 5.91 Å². The largest absolute Gasteiger partial charge is 0.394 e. The van der Waals surface area contributed by atoms with E-state index in [9.17, 15) is 15.0 Å². The average molecular weight is 255 g/mol. The highest BCUT2D eigenvalue weighted by Gasteiger charge is 2.29. The van der Waals surface area contributed by atoms with Gasteiger partial charge in [0, 0.05) is 5.69 Å². The molecule has 6 heteroatoms. The van der Waals surface area contributed by atoms with Crippen LogP contribution in [0.3, 0.4) is 0 Å². The summed E-state index contributed by atoms with van der Waals surface area (Å²) in [7, 11) is 0. The Kier molecular flexibility index (Phi) is 5.24. The number of hydrogen-bond donors (Lipinski definition) is 5. The van der Waals surface area contributed by atoms with Crippen LogP contribution in [0.4, 0.5) is 5.69 Å². The van der Waals surface area contributed by atoms with Gasteiger partial charge in [-0.2, -0.15) is 0 Å². The zero-order valence-corrected chi connectivity index (χ0v) is 9.95. The summed E-state index contributed by atoms with van der Waals surface area (Å²) in [6.45, 7) is 1.15. The second-order valence-corrected chi connectivity index (χ2v) is 4.04. The maximum Gasteiger partial charge on any atom is 0.256 e. The molecule has 0 spiro atoms. The lowest BCUT2D eigenvalue weighted by Crippen LogP contribution is -2.46. The van der Waals surface area contributed by atoms with Gasteiger partial charge >= 0.3 is 0 Å². The molecule has 5 N–H and O–H groups in total. The van der Waals surface area contributed by atoms with Crippen molar-refractivity contribution in [3.63, 3.8) is 0 Å². The van der Waals surface area contributed by atoms with Crippen molar-refractivity contribution in [1.82, 2.24) is 0 Å². The fraction of sp³-hybridized carbons (Fsp3) is 0.417. The van der Waals surface area contributed by atoms with Gasteiger partial charge in [-0.1, -0.05) is 17.7 Å². The normalized spacial score (nSPS) is 15.8. The molecule has 1 aromatic rings. The molecular formula is C12H17NO5. The summed E-state index contributed by atoms with van der Waals surface area (Å²) in [5.74, 6) is -0.848. The number of amides is 1. The first-order valence-corrected chi connectivity index (χ1v) is 5.48. The molecule has 100 valence electrons. The van der Waals surface area contributed by atoms with Gasteiger partial charge in [-0.05, 0) is 19.1 Å². The third kappa shape index (κ3) is 3.78. The van der Waals surface area contributed by atoms with E-state index in [2.05, 4.69) is 5.32 Å². The molecule has 3 atom stereocenters. The Morgan fingerprint density at radius 2 is 1.78 bits per heavy atom. The fourth-order valence-electron chi connectivity index (χ4n) is 1.33. The molecule has 1 aromatic carbocycles. The highest BCUT2D eigenvalue weighted by Crippen LogP contribution is 2.10. The summed E-state index contributed by atoms with van der Waals surface area (Å²) in [6.07, 6.45) is -5.11. The SMILES string of the molecule is Cc1ccc(NC(=O)[C@@H](O)[C@H](O)[C@H](O)CO)cc1. The Bertz CT molecular complexity index is 392. The minimum atomic E-state index is -1.81. The van der Waals surface area contributed by atoms with E-state index in [-0.39, 0.29) is 0 Å². The Balaban J connectivity index is 2.62. The van der Waals surface area contributed by atoms with Crippen LogP contribution in [0.5, 0.6) is 0 Å². The predicted molar refractivity (Wildman–Crippen MR) is 64.9 cm³/mol. The van der Waals surface area contributed by atoms with Crippen LogP contribution >= 0.6 is 0 Å². The van der Waals surface area contributed by atoms with E-state index >= 15 is 0 Å². The van der Waals surface area contributed by atoms with Crippen molar-refractivity contribution in [3.05, 3.63) is 29.8 Å². The van der Waals surface area contributed by atoms with Crippen molar-refractivity contribution >= 4 is 11.6 Å². The lowest BCUT2D eigenvalue weighted by molar-refractivity contribution is -0.137. The summed E-state index contributed by atoms with van der Waals surface area (Å²) >= 11 is 0. The van der Waals surface area contributed by atoms with Crippen molar-refractivity contribution in [1.29, 1.82) is 0 Å². The Morgan fingerprint density at radius 1 is 1.22 bits per heavy atom.